The number of fused-ring (bicyclic) bond motifs is 1. The number of aromatic nitrogens is 2. The van der Waals surface area contributed by atoms with Crippen molar-refractivity contribution in [1.29, 1.82) is 0 Å². The Labute approximate surface area is 187 Å². The van der Waals surface area contributed by atoms with E-state index in [0.29, 0.717) is 30.2 Å². The van der Waals surface area contributed by atoms with Crippen LogP contribution in [0.4, 0.5) is 0 Å². The quantitative estimate of drug-likeness (QED) is 0.500. The topological polar surface area (TPSA) is 88.7 Å². The lowest BCUT2D eigenvalue weighted by molar-refractivity contribution is 0.0876. The number of rotatable bonds is 9. The zero-order valence-electron chi connectivity index (χ0n) is 18.6. The first-order valence-electron chi connectivity index (χ1n) is 10.9. The molecule has 0 radical (unpaired) electrons. The van der Waals surface area contributed by atoms with Crippen LogP contribution in [0.5, 0.6) is 11.5 Å². The minimum Gasteiger partial charge on any atom is -0.497 e. The van der Waals surface area contributed by atoms with Crippen molar-refractivity contribution < 1.29 is 19.0 Å². The highest BCUT2D eigenvalue weighted by molar-refractivity contribution is 5.97. The number of benzene rings is 2. The number of aromatic amines is 1. The lowest BCUT2D eigenvalue weighted by atomic mass is 10.1. The van der Waals surface area contributed by atoms with Gasteiger partial charge in [-0.3, -0.25) is 9.69 Å². The van der Waals surface area contributed by atoms with Crippen molar-refractivity contribution in [2.75, 3.05) is 40.5 Å². The molecule has 1 fully saturated rings. The van der Waals surface area contributed by atoms with Crippen molar-refractivity contribution in [3.8, 4) is 11.5 Å². The Morgan fingerprint density at radius 2 is 2.00 bits per heavy atom. The van der Waals surface area contributed by atoms with Gasteiger partial charge in [0.15, 0.2) is 0 Å². The van der Waals surface area contributed by atoms with Gasteiger partial charge in [-0.2, -0.15) is 0 Å². The largest absolute Gasteiger partial charge is 0.497 e. The molecule has 8 heteroatoms. The van der Waals surface area contributed by atoms with E-state index in [9.17, 15) is 4.79 Å². The third kappa shape index (κ3) is 5.38. The van der Waals surface area contributed by atoms with Crippen molar-refractivity contribution in [3.05, 3.63) is 53.9 Å². The first-order valence-corrected chi connectivity index (χ1v) is 10.9. The van der Waals surface area contributed by atoms with Gasteiger partial charge in [-0.15, -0.1) is 0 Å². The predicted octanol–water partition coefficient (Wildman–Crippen LogP) is 2.99. The van der Waals surface area contributed by atoms with Crippen LogP contribution < -0.4 is 14.8 Å². The maximum atomic E-state index is 12.6. The van der Waals surface area contributed by atoms with E-state index in [1.165, 1.54) is 0 Å². The molecule has 4 rings (SSSR count). The molecule has 2 heterocycles. The SMILES string of the molecule is COCCNC(=O)c1ccc(OC)cc1OC1CCN(Cc2nc3ccccc3[nH]2)CC1. The number of nitrogens with one attached hydrogen (secondary N) is 2. The summed E-state index contributed by atoms with van der Waals surface area (Å²) in [7, 11) is 3.21. The summed E-state index contributed by atoms with van der Waals surface area (Å²) in [5.41, 5.74) is 2.57. The van der Waals surface area contributed by atoms with Crippen molar-refractivity contribution in [2.24, 2.45) is 0 Å². The summed E-state index contributed by atoms with van der Waals surface area (Å²) in [5, 5.41) is 2.86. The molecule has 1 aromatic heterocycles. The molecule has 3 aromatic rings. The molecule has 170 valence electrons. The summed E-state index contributed by atoms with van der Waals surface area (Å²) in [6.07, 6.45) is 1.80. The third-order valence-electron chi connectivity index (χ3n) is 5.67. The highest BCUT2D eigenvalue weighted by atomic mass is 16.5. The smallest absolute Gasteiger partial charge is 0.255 e. The third-order valence-corrected chi connectivity index (χ3v) is 5.67. The molecule has 2 N–H and O–H groups in total. The van der Waals surface area contributed by atoms with Crippen LogP contribution in [0, 0.1) is 0 Å². The van der Waals surface area contributed by atoms with Crippen LogP contribution in [0.15, 0.2) is 42.5 Å². The van der Waals surface area contributed by atoms with Crippen LogP contribution in [0.3, 0.4) is 0 Å². The second-order valence-electron chi connectivity index (χ2n) is 7.90. The van der Waals surface area contributed by atoms with Gasteiger partial charge in [0.05, 0.1) is 36.9 Å². The van der Waals surface area contributed by atoms with E-state index >= 15 is 0 Å². The number of amides is 1. The van der Waals surface area contributed by atoms with Crippen LogP contribution in [0.25, 0.3) is 11.0 Å². The average Bonchev–Trinajstić information content (AvgIpc) is 3.22. The maximum absolute atomic E-state index is 12.6. The number of para-hydroxylation sites is 2. The first kappa shape index (κ1) is 22.1. The van der Waals surface area contributed by atoms with Crippen molar-refractivity contribution in [2.45, 2.75) is 25.5 Å². The number of hydrogen-bond acceptors (Lipinski definition) is 6. The minimum atomic E-state index is -0.179. The normalized spacial score (nSPS) is 15.1. The molecule has 0 atom stereocenters. The molecule has 0 unspecified atom stereocenters. The molecule has 1 aliphatic heterocycles. The first-order chi connectivity index (χ1) is 15.7. The van der Waals surface area contributed by atoms with Gasteiger partial charge in [-0.05, 0) is 37.1 Å². The molecule has 0 aliphatic carbocycles. The zero-order valence-corrected chi connectivity index (χ0v) is 18.6. The number of imidazole rings is 1. The Bertz CT molecular complexity index is 1010. The number of piperidine rings is 1. The van der Waals surface area contributed by atoms with E-state index in [1.54, 1.807) is 32.4 Å². The highest BCUT2D eigenvalue weighted by Crippen LogP contribution is 2.28. The Hall–Kier alpha value is -3.10. The van der Waals surface area contributed by atoms with Crippen molar-refractivity contribution >= 4 is 16.9 Å². The van der Waals surface area contributed by atoms with Gasteiger partial charge in [0, 0.05) is 32.8 Å². The number of hydrogen-bond donors (Lipinski definition) is 2. The number of methoxy groups -OCH3 is 2. The standard InChI is InChI=1S/C24H30N4O4/c1-30-14-11-25-24(29)19-8-7-18(31-2)15-22(19)32-17-9-12-28(13-10-17)16-23-26-20-5-3-4-6-21(20)27-23/h3-8,15,17H,9-14,16H2,1-2H3,(H,25,29)(H,26,27). The van der Waals surface area contributed by atoms with E-state index in [1.807, 2.05) is 24.3 Å². The number of likely N-dealkylation sites (tertiary alicyclic amines) is 1. The van der Waals surface area contributed by atoms with Gasteiger partial charge in [0.1, 0.15) is 23.4 Å². The fraction of sp³-hybridized carbons (Fsp3) is 0.417. The molecule has 0 bridgehead atoms. The van der Waals surface area contributed by atoms with Gasteiger partial charge in [0.25, 0.3) is 5.91 Å². The fourth-order valence-electron chi connectivity index (χ4n) is 3.93. The average molecular weight is 439 g/mol. The summed E-state index contributed by atoms with van der Waals surface area (Å²) >= 11 is 0. The van der Waals surface area contributed by atoms with Crippen LogP contribution in [-0.4, -0.2) is 67.3 Å². The number of nitrogens with zero attached hydrogens (tertiary/aromatic N) is 2. The van der Waals surface area contributed by atoms with Gasteiger partial charge in [0.2, 0.25) is 0 Å². The van der Waals surface area contributed by atoms with Crippen LogP contribution in [0.1, 0.15) is 29.0 Å². The molecular weight excluding hydrogens is 408 g/mol. The fourth-order valence-corrected chi connectivity index (χ4v) is 3.93. The van der Waals surface area contributed by atoms with Gasteiger partial charge in [-0.1, -0.05) is 12.1 Å². The minimum absolute atomic E-state index is 0.0413. The van der Waals surface area contributed by atoms with E-state index < -0.39 is 0 Å². The van der Waals surface area contributed by atoms with Gasteiger partial charge >= 0.3 is 0 Å². The lowest BCUT2D eigenvalue weighted by Gasteiger charge is -2.32. The summed E-state index contributed by atoms with van der Waals surface area (Å²) in [4.78, 5) is 23.1. The summed E-state index contributed by atoms with van der Waals surface area (Å²) in [6, 6.07) is 13.4. The summed E-state index contributed by atoms with van der Waals surface area (Å²) in [5.74, 6) is 2.01. The predicted molar refractivity (Wildman–Crippen MR) is 122 cm³/mol. The molecule has 8 nitrogen and oxygen atoms in total. The lowest BCUT2D eigenvalue weighted by Crippen LogP contribution is -2.38. The molecule has 32 heavy (non-hydrogen) atoms. The number of carbonyl (C=O) groups is 1. The van der Waals surface area contributed by atoms with Crippen LogP contribution in [-0.2, 0) is 11.3 Å². The molecule has 2 aromatic carbocycles. The van der Waals surface area contributed by atoms with E-state index in [0.717, 1.165) is 49.3 Å². The van der Waals surface area contributed by atoms with Crippen LogP contribution >= 0.6 is 0 Å². The molecule has 0 saturated carbocycles. The van der Waals surface area contributed by atoms with E-state index in [4.69, 9.17) is 14.2 Å². The Balaban J connectivity index is 1.36. The Morgan fingerprint density at radius 1 is 1.19 bits per heavy atom. The number of ether oxygens (including phenoxy) is 3. The Morgan fingerprint density at radius 3 is 2.75 bits per heavy atom. The van der Waals surface area contributed by atoms with E-state index in [-0.39, 0.29) is 12.0 Å². The number of H-pyrrole nitrogens is 1. The molecule has 1 saturated heterocycles. The molecular formula is C24H30N4O4. The molecule has 1 aliphatic rings. The van der Waals surface area contributed by atoms with Crippen LogP contribution in [0.2, 0.25) is 0 Å². The monoisotopic (exact) mass is 438 g/mol. The highest BCUT2D eigenvalue weighted by Gasteiger charge is 2.23. The second-order valence-corrected chi connectivity index (χ2v) is 7.90. The second kappa shape index (κ2) is 10.5. The molecule has 0 spiro atoms. The van der Waals surface area contributed by atoms with E-state index in [2.05, 4.69) is 20.2 Å². The van der Waals surface area contributed by atoms with Gasteiger partial charge in [-0.25, -0.2) is 4.98 Å². The summed E-state index contributed by atoms with van der Waals surface area (Å²) < 4.78 is 16.6. The van der Waals surface area contributed by atoms with Crippen molar-refractivity contribution in [3.63, 3.8) is 0 Å². The summed E-state index contributed by atoms with van der Waals surface area (Å²) in [6.45, 7) is 3.50. The molecule has 1 amide bonds. The number of carbonyl (C=O) groups excluding carboxylic acids is 1. The maximum Gasteiger partial charge on any atom is 0.255 e. The van der Waals surface area contributed by atoms with Crippen molar-refractivity contribution in [1.82, 2.24) is 20.2 Å². The zero-order chi connectivity index (χ0) is 22.3. The van der Waals surface area contributed by atoms with Gasteiger partial charge < -0.3 is 24.5 Å². The Kier molecular flexibility index (Phi) is 7.24.